The number of hydrogen-bond donors (Lipinski definition) is 2. The van der Waals surface area contributed by atoms with Crippen LogP contribution in [0.5, 0.6) is 5.75 Å². The zero-order valence-electron chi connectivity index (χ0n) is 18.6. The first kappa shape index (κ1) is 20.2. The van der Waals surface area contributed by atoms with E-state index < -0.39 is 0 Å². The molecule has 2 aliphatic heterocycles. The maximum Gasteiger partial charge on any atom is 0.275 e. The molecule has 2 aliphatic rings. The minimum absolute atomic E-state index is 0.0139. The number of para-hydroxylation sites is 1. The van der Waals surface area contributed by atoms with Crippen LogP contribution >= 0.6 is 0 Å². The summed E-state index contributed by atoms with van der Waals surface area (Å²) in [5.74, 6) is 0.631. The van der Waals surface area contributed by atoms with Gasteiger partial charge in [0.25, 0.3) is 11.1 Å². The smallest absolute Gasteiger partial charge is 0.275 e. The van der Waals surface area contributed by atoms with Crippen LogP contribution in [0.25, 0.3) is 33.2 Å². The van der Waals surface area contributed by atoms with Crippen molar-refractivity contribution in [3.05, 3.63) is 56.6 Å². The van der Waals surface area contributed by atoms with E-state index in [9.17, 15) is 9.59 Å². The third-order valence-corrected chi connectivity index (χ3v) is 6.74. The molecule has 2 N–H and O–H groups in total. The quantitative estimate of drug-likeness (QED) is 0.488. The van der Waals surface area contributed by atoms with Gasteiger partial charge in [0, 0.05) is 38.2 Å². The summed E-state index contributed by atoms with van der Waals surface area (Å²) in [7, 11) is 1.64. The molecule has 0 aliphatic carbocycles. The summed E-state index contributed by atoms with van der Waals surface area (Å²) in [4.78, 5) is 36.3. The van der Waals surface area contributed by atoms with E-state index >= 15 is 0 Å². The molecule has 2 aromatic carbocycles. The lowest BCUT2D eigenvalue weighted by Crippen LogP contribution is -2.33. The molecule has 6 bridgehead atoms. The number of fused-ring (bicyclic) bond motifs is 5. The number of nitrogens with zero attached hydrogens (tertiary/aromatic N) is 3. The predicted octanol–water partition coefficient (Wildman–Crippen LogP) is 2.23. The van der Waals surface area contributed by atoms with E-state index in [-0.39, 0.29) is 22.9 Å². The van der Waals surface area contributed by atoms with Crippen molar-refractivity contribution in [2.75, 3.05) is 20.2 Å². The average molecular weight is 447 g/mol. The molecule has 33 heavy (non-hydrogen) atoms. The second kappa shape index (κ2) is 7.57. The minimum atomic E-state index is -0.322. The van der Waals surface area contributed by atoms with Gasteiger partial charge >= 0.3 is 0 Å². The Balaban J connectivity index is 1.65. The topological polar surface area (TPSA) is 105 Å². The summed E-state index contributed by atoms with van der Waals surface area (Å²) in [5.41, 5.74) is 3.13. The number of rotatable bonds is 2. The highest BCUT2D eigenvalue weighted by Gasteiger charge is 2.31. The highest BCUT2D eigenvalue weighted by molar-refractivity contribution is 5.93. The van der Waals surface area contributed by atoms with Crippen molar-refractivity contribution in [3.63, 3.8) is 0 Å². The van der Waals surface area contributed by atoms with E-state index in [1.165, 1.54) is 0 Å². The number of nitrogens with one attached hydrogen (secondary N) is 2. The maximum absolute atomic E-state index is 13.1. The molecule has 3 atom stereocenters. The van der Waals surface area contributed by atoms with Crippen molar-refractivity contribution in [1.82, 2.24) is 24.6 Å². The number of ether oxygens (including phenoxy) is 2. The van der Waals surface area contributed by atoms with E-state index in [1.807, 2.05) is 18.2 Å². The van der Waals surface area contributed by atoms with Crippen molar-refractivity contribution < 1.29 is 9.47 Å². The Hall–Kier alpha value is -3.43. The van der Waals surface area contributed by atoms with Gasteiger partial charge in [0.15, 0.2) is 0 Å². The molecule has 0 amide bonds. The molecule has 9 heteroatoms. The van der Waals surface area contributed by atoms with Gasteiger partial charge < -0.3 is 14.5 Å². The summed E-state index contributed by atoms with van der Waals surface area (Å²) >= 11 is 0. The Labute approximate surface area is 188 Å². The predicted molar refractivity (Wildman–Crippen MR) is 125 cm³/mol. The molecule has 170 valence electrons. The zero-order valence-corrected chi connectivity index (χ0v) is 18.6. The molecule has 0 spiro atoms. The highest BCUT2D eigenvalue weighted by atomic mass is 16.5. The maximum atomic E-state index is 13.1. The third-order valence-electron chi connectivity index (χ3n) is 6.74. The second-order valence-electron chi connectivity index (χ2n) is 8.95. The van der Waals surface area contributed by atoms with Gasteiger partial charge in [-0.15, -0.1) is 0 Å². The van der Waals surface area contributed by atoms with Crippen LogP contribution in [0.4, 0.5) is 0 Å². The number of aromatic nitrogens is 4. The van der Waals surface area contributed by atoms with Crippen molar-refractivity contribution in [2.24, 2.45) is 0 Å². The number of hydrogen-bond acceptors (Lipinski definition) is 6. The van der Waals surface area contributed by atoms with E-state index in [2.05, 4.69) is 21.9 Å². The zero-order chi connectivity index (χ0) is 22.7. The molecule has 1 saturated heterocycles. The lowest BCUT2D eigenvalue weighted by molar-refractivity contribution is 0.182. The lowest BCUT2D eigenvalue weighted by Gasteiger charge is -2.21. The van der Waals surface area contributed by atoms with Gasteiger partial charge in [-0.25, -0.2) is 4.98 Å². The van der Waals surface area contributed by atoms with E-state index in [0.717, 1.165) is 25.1 Å². The number of benzene rings is 2. The van der Waals surface area contributed by atoms with Crippen molar-refractivity contribution >= 4 is 21.9 Å². The minimum Gasteiger partial charge on any atom is -0.487 e. The van der Waals surface area contributed by atoms with E-state index in [1.54, 1.807) is 23.9 Å². The van der Waals surface area contributed by atoms with Crippen LogP contribution in [0.3, 0.4) is 0 Å². The fourth-order valence-electron chi connectivity index (χ4n) is 5.13. The van der Waals surface area contributed by atoms with Gasteiger partial charge in [0.05, 0.1) is 29.6 Å². The monoisotopic (exact) mass is 447 g/mol. The second-order valence-corrected chi connectivity index (χ2v) is 8.95. The van der Waals surface area contributed by atoms with Gasteiger partial charge in [-0.3, -0.25) is 24.3 Å². The van der Waals surface area contributed by atoms with Gasteiger partial charge in [0.2, 0.25) is 0 Å². The largest absolute Gasteiger partial charge is 0.487 e. The molecule has 2 unspecified atom stereocenters. The first-order valence-electron chi connectivity index (χ1n) is 11.2. The highest BCUT2D eigenvalue weighted by Crippen LogP contribution is 2.31. The Morgan fingerprint density at radius 1 is 1.24 bits per heavy atom. The molecular formula is C24H25N5O4. The molecule has 6 rings (SSSR count). The van der Waals surface area contributed by atoms with Crippen LogP contribution in [0.15, 0.2) is 39.9 Å². The van der Waals surface area contributed by atoms with Crippen LogP contribution in [0.2, 0.25) is 0 Å². The van der Waals surface area contributed by atoms with Crippen LogP contribution in [-0.2, 0) is 17.9 Å². The van der Waals surface area contributed by atoms with Crippen molar-refractivity contribution in [3.8, 4) is 17.0 Å². The number of methoxy groups -OCH3 is 1. The molecule has 2 aromatic heterocycles. The summed E-state index contributed by atoms with van der Waals surface area (Å²) in [6.07, 6.45) is 0.857. The molecule has 1 fully saturated rings. The van der Waals surface area contributed by atoms with E-state index in [4.69, 9.17) is 14.5 Å². The summed E-state index contributed by atoms with van der Waals surface area (Å²) in [5, 5.41) is 3.78. The molecule has 0 radical (unpaired) electrons. The first-order chi connectivity index (χ1) is 16.0. The van der Waals surface area contributed by atoms with Gasteiger partial charge in [-0.1, -0.05) is 12.1 Å². The fourth-order valence-corrected chi connectivity index (χ4v) is 5.13. The Morgan fingerprint density at radius 3 is 2.97 bits per heavy atom. The van der Waals surface area contributed by atoms with Crippen LogP contribution in [0.1, 0.15) is 18.9 Å². The standard InChI is InChI=1S/C24H25N5O4/c1-13-8-15-11-28(13)6-7-29-24(31)17-5-3-4-16(20(17)27-29)21-23(30)25-18-9-14(12-32-2)10-19(33-15)22(18)26-21/h3-5,9-10,13,15,27H,6-8,11-12H2,1-2H3,(H,25,30)/t13-,15?/m1/s1. The number of H-pyrrole nitrogens is 2. The van der Waals surface area contributed by atoms with Crippen LogP contribution in [0, 0.1) is 0 Å². The molecule has 4 aromatic rings. The summed E-state index contributed by atoms with van der Waals surface area (Å²) in [6.45, 7) is 4.60. The Bertz CT molecular complexity index is 1500. The lowest BCUT2D eigenvalue weighted by atomic mass is 10.1. The van der Waals surface area contributed by atoms with Gasteiger partial charge in [-0.05, 0) is 30.7 Å². The fraction of sp³-hybridized carbons (Fsp3) is 0.375. The van der Waals surface area contributed by atoms with Crippen molar-refractivity contribution in [2.45, 2.75) is 38.6 Å². The number of aromatic amines is 2. The normalized spacial score (nSPS) is 22.2. The summed E-state index contributed by atoms with van der Waals surface area (Å²) < 4.78 is 13.4. The molecule has 0 saturated carbocycles. The van der Waals surface area contributed by atoms with Gasteiger partial charge in [-0.2, -0.15) is 0 Å². The van der Waals surface area contributed by atoms with Gasteiger partial charge in [0.1, 0.15) is 23.1 Å². The van der Waals surface area contributed by atoms with Crippen LogP contribution in [-0.4, -0.2) is 57.0 Å². The SMILES string of the molecule is COCc1cc2c3nc(c(=O)[nH]c3c1)-c1cccc3c(=O)n([nH]c13)CCN1CC(C[C@H]1C)O2. The summed E-state index contributed by atoms with van der Waals surface area (Å²) in [6, 6.07) is 9.52. The first-order valence-corrected chi connectivity index (χ1v) is 11.2. The van der Waals surface area contributed by atoms with Crippen LogP contribution < -0.4 is 15.9 Å². The van der Waals surface area contributed by atoms with E-state index in [0.29, 0.717) is 52.4 Å². The Morgan fingerprint density at radius 2 is 2.12 bits per heavy atom. The Kier molecular flexibility index (Phi) is 4.63. The molecule has 9 nitrogen and oxygen atoms in total. The third kappa shape index (κ3) is 3.27. The average Bonchev–Trinajstić information content (AvgIpc) is 3.30. The molecule has 4 heterocycles. The molecular weight excluding hydrogens is 422 g/mol. The van der Waals surface area contributed by atoms with Crippen molar-refractivity contribution in [1.29, 1.82) is 0 Å².